The highest BCUT2D eigenvalue weighted by Crippen LogP contribution is 2.16. The predicted molar refractivity (Wildman–Crippen MR) is 94.6 cm³/mol. The predicted octanol–water partition coefficient (Wildman–Crippen LogP) is 1.47. The first-order chi connectivity index (χ1) is 12.4. The van der Waals surface area contributed by atoms with Gasteiger partial charge in [0.25, 0.3) is 11.6 Å². The monoisotopic (exact) mass is 358 g/mol. The summed E-state index contributed by atoms with van der Waals surface area (Å²) < 4.78 is 4.64. The smallest absolute Gasteiger partial charge is 0.337 e. The van der Waals surface area contributed by atoms with Crippen LogP contribution in [0.3, 0.4) is 0 Å². The lowest BCUT2D eigenvalue weighted by Crippen LogP contribution is -2.90. The van der Waals surface area contributed by atoms with E-state index in [1.807, 2.05) is 5.32 Å². The van der Waals surface area contributed by atoms with E-state index in [1.54, 1.807) is 37.3 Å². The summed E-state index contributed by atoms with van der Waals surface area (Å²) in [6.07, 6.45) is 0. The van der Waals surface area contributed by atoms with Crippen LogP contribution in [-0.4, -0.2) is 30.0 Å². The number of amides is 1. The molecule has 0 aliphatic heterocycles. The van der Waals surface area contributed by atoms with Gasteiger partial charge < -0.3 is 15.4 Å². The van der Waals surface area contributed by atoms with Crippen LogP contribution in [0, 0.1) is 10.1 Å². The standard InChI is InChI=1S/C18H19N3O5/c1-12(17(22)20-15-4-3-5-16(10-15)21(24)25)19-11-13-6-8-14(9-7-13)18(23)26-2/h3-10,12,19H,11H2,1-2H3,(H,20,22)/p+1/t12-/m0/s1. The Morgan fingerprint density at radius 3 is 2.54 bits per heavy atom. The molecule has 0 aliphatic rings. The van der Waals surface area contributed by atoms with Crippen molar-refractivity contribution in [1.29, 1.82) is 0 Å². The molecule has 0 spiro atoms. The van der Waals surface area contributed by atoms with Crippen molar-refractivity contribution in [3.63, 3.8) is 0 Å². The number of quaternary nitrogens is 1. The van der Waals surface area contributed by atoms with Gasteiger partial charge in [-0.2, -0.15) is 0 Å². The minimum Gasteiger partial charge on any atom is -0.465 e. The number of nitro benzene ring substituents is 1. The maximum absolute atomic E-state index is 12.2. The molecule has 1 amide bonds. The molecule has 3 N–H and O–H groups in total. The Labute approximate surface area is 150 Å². The summed E-state index contributed by atoms with van der Waals surface area (Å²) in [5.41, 5.74) is 1.72. The fourth-order valence-corrected chi connectivity index (χ4v) is 2.27. The molecular formula is C18H20N3O5+. The highest BCUT2D eigenvalue weighted by molar-refractivity contribution is 5.93. The van der Waals surface area contributed by atoms with Gasteiger partial charge in [0.1, 0.15) is 6.54 Å². The minimum atomic E-state index is -0.511. The number of non-ortho nitro benzene ring substituents is 1. The highest BCUT2D eigenvalue weighted by atomic mass is 16.6. The number of nitrogens with one attached hydrogen (secondary N) is 1. The molecule has 0 heterocycles. The number of carbonyl (C=O) groups is 2. The summed E-state index contributed by atoms with van der Waals surface area (Å²) >= 11 is 0. The lowest BCUT2D eigenvalue weighted by Gasteiger charge is -2.11. The number of nitrogens with two attached hydrogens (primary N) is 1. The highest BCUT2D eigenvalue weighted by Gasteiger charge is 2.17. The average molecular weight is 358 g/mol. The molecule has 26 heavy (non-hydrogen) atoms. The van der Waals surface area contributed by atoms with E-state index in [9.17, 15) is 19.7 Å². The molecule has 2 aromatic rings. The van der Waals surface area contributed by atoms with Gasteiger partial charge in [-0.25, -0.2) is 4.79 Å². The Bertz CT molecular complexity index is 805. The molecule has 0 saturated heterocycles. The molecule has 8 nitrogen and oxygen atoms in total. The van der Waals surface area contributed by atoms with Gasteiger partial charge in [0.05, 0.1) is 17.6 Å². The first-order valence-corrected chi connectivity index (χ1v) is 7.96. The van der Waals surface area contributed by atoms with Gasteiger partial charge in [0.15, 0.2) is 6.04 Å². The van der Waals surface area contributed by atoms with Crippen molar-refractivity contribution >= 4 is 23.3 Å². The van der Waals surface area contributed by atoms with E-state index >= 15 is 0 Å². The van der Waals surface area contributed by atoms with Crippen LogP contribution < -0.4 is 10.6 Å². The zero-order valence-corrected chi connectivity index (χ0v) is 14.5. The second-order valence-corrected chi connectivity index (χ2v) is 5.71. The Morgan fingerprint density at radius 1 is 1.23 bits per heavy atom. The molecule has 0 fully saturated rings. The molecule has 0 unspecified atom stereocenters. The van der Waals surface area contributed by atoms with Crippen LogP contribution in [0.15, 0.2) is 48.5 Å². The van der Waals surface area contributed by atoms with Crippen molar-refractivity contribution in [1.82, 2.24) is 0 Å². The number of hydrogen-bond acceptors (Lipinski definition) is 5. The number of ether oxygens (including phenoxy) is 1. The van der Waals surface area contributed by atoms with E-state index < -0.39 is 16.9 Å². The minimum absolute atomic E-state index is 0.0786. The van der Waals surface area contributed by atoms with E-state index in [0.29, 0.717) is 17.8 Å². The van der Waals surface area contributed by atoms with Crippen molar-refractivity contribution in [3.8, 4) is 0 Å². The second-order valence-electron chi connectivity index (χ2n) is 5.71. The fraction of sp³-hybridized carbons (Fsp3) is 0.222. The number of carbonyl (C=O) groups excluding carboxylic acids is 2. The lowest BCUT2D eigenvalue weighted by molar-refractivity contribution is -0.688. The molecule has 2 aromatic carbocycles. The maximum Gasteiger partial charge on any atom is 0.337 e. The number of nitrogens with zero attached hydrogens (tertiary/aromatic N) is 1. The molecule has 0 radical (unpaired) electrons. The van der Waals surface area contributed by atoms with E-state index in [2.05, 4.69) is 10.1 Å². The topological polar surface area (TPSA) is 115 Å². The molecule has 0 aliphatic carbocycles. The van der Waals surface area contributed by atoms with Crippen LogP contribution in [0.1, 0.15) is 22.8 Å². The van der Waals surface area contributed by atoms with Crippen LogP contribution in [0.25, 0.3) is 0 Å². The molecular weight excluding hydrogens is 338 g/mol. The van der Waals surface area contributed by atoms with E-state index in [1.165, 1.54) is 25.3 Å². The third kappa shape index (κ3) is 5.12. The first-order valence-electron chi connectivity index (χ1n) is 7.96. The van der Waals surface area contributed by atoms with E-state index in [4.69, 9.17) is 0 Å². The number of esters is 1. The fourth-order valence-electron chi connectivity index (χ4n) is 2.27. The lowest BCUT2D eigenvalue weighted by atomic mass is 10.1. The second kappa shape index (κ2) is 8.72. The van der Waals surface area contributed by atoms with Gasteiger partial charge in [-0.05, 0) is 25.1 Å². The van der Waals surface area contributed by atoms with Crippen LogP contribution in [0.4, 0.5) is 11.4 Å². The molecule has 0 bridgehead atoms. The molecule has 136 valence electrons. The van der Waals surface area contributed by atoms with Gasteiger partial charge in [0.2, 0.25) is 0 Å². The number of anilines is 1. The van der Waals surface area contributed by atoms with Crippen LogP contribution in [0.2, 0.25) is 0 Å². The van der Waals surface area contributed by atoms with Crippen LogP contribution in [-0.2, 0) is 16.1 Å². The summed E-state index contributed by atoms with van der Waals surface area (Å²) in [7, 11) is 1.33. The molecule has 0 saturated carbocycles. The molecule has 8 heteroatoms. The average Bonchev–Trinajstić information content (AvgIpc) is 2.66. The summed E-state index contributed by atoms with van der Waals surface area (Å²) in [6.45, 7) is 2.29. The zero-order chi connectivity index (χ0) is 19.1. The Balaban J connectivity index is 1.90. The zero-order valence-electron chi connectivity index (χ0n) is 14.5. The number of rotatable bonds is 7. The van der Waals surface area contributed by atoms with E-state index in [0.717, 1.165) is 5.56 Å². The van der Waals surface area contributed by atoms with Gasteiger partial charge >= 0.3 is 5.97 Å². The van der Waals surface area contributed by atoms with Gasteiger partial charge in [0, 0.05) is 23.4 Å². The normalized spacial score (nSPS) is 11.5. The number of benzene rings is 2. The largest absolute Gasteiger partial charge is 0.465 e. The SMILES string of the molecule is COC(=O)c1ccc(C[NH2+][C@@H](C)C(=O)Nc2cccc([N+](=O)[O-])c2)cc1. The summed E-state index contributed by atoms with van der Waals surface area (Å²) in [5, 5.41) is 15.3. The van der Waals surface area contributed by atoms with Gasteiger partial charge in [-0.1, -0.05) is 18.2 Å². The van der Waals surface area contributed by atoms with Crippen LogP contribution in [0.5, 0.6) is 0 Å². The molecule has 0 aromatic heterocycles. The van der Waals surface area contributed by atoms with Crippen molar-refractivity contribution in [3.05, 3.63) is 69.8 Å². The number of hydrogen-bond donors (Lipinski definition) is 2. The third-order valence-electron chi connectivity index (χ3n) is 3.82. The van der Waals surface area contributed by atoms with Gasteiger partial charge in [-0.15, -0.1) is 0 Å². The summed E-state index contributed by atoms with van der Waals surface area (Å²) in [4.78, 5) is 33.9. The van der Waals surface area contributed by atoms with Crippen molar-refractivity contribution in [2.45, 2.75) is 19.5 Å². The molecule has 2 rings (SSSR count). The molecule has 1 atom stereocenters. The van der Waals surface area contributed by atoms with Crippen LogP contribution >= 0.6 is 0 Å². The Hall–Kier alpha value is -3.26. The number of methoxy groups -OCH3 is 1. The van der Waals surface area contributed by atoms with Crippen molar-refractivity contribution in [2.24, 2.45) is 0 Å². The summed E-state index contributed by atoms with van der Waals surface area (Å²) in [5.74, 6) is -0.651. The first kappa shape index (κ1) is 19.1. The Kier molecular flexibility index (Phi) is 6.40. The Morgan fingerprint density at radius 2 is 1.92 bits per heavy atom. The van der Waals surface area contributed by atoms with Crippen molar-refractivity contribution in [2.75, 3.05) is 12.4 Å². The van der Waals surface area contributed by atoms with Crippen molar-refractivity contribution < 1.29 is 24.6 Å². The number of nitro groups is 1. The summed E-state index contributed by atoms with van der Waals surface area (Å²) in [6, 6.07) is 12.3. The maximum atomic E-state index is 12.2. The van der Waals surface area contributed by atoms with E-state index in [-0.39, 0.29) is 11.6 Å². The third-order valence-corrected chi connectivity index (χ3v) is 3.82. The quantitative estimate of drug-likeness (QED) is 0.442. The van der Waals surface area contributed by atoms with Gasteiger partial charge in [-0.3, -0.25) is 14.9 Å².